The minimum atomic E-state index is 0.0389. The highest BCUT2D eigenvalue weighted by atomic mass is 16.6. The van der Waals surface area contributed by atoms with Gasteiger partial charge in [0.15, 0.2) is 17.3 Å². The van der Waals surface area contributed by atoms with Gasteiger partial charge in [0.05, 0.1) is 5.56 Å². The van der Waals surface area contributed by atoms with E-state index in [-0.39, 0.29) is 11.7 Å². The van der Waals surface area contributed by atoms with Crippen molar-refractivity contribution in [3.05, 3.63) is 23.8 Å². The number of ether oxygens (including phenoxy) is 2. The Morgan fingerprint density at radius 1 is 1.35 bits per heavy atom. The number of carbonyl (C=O) groups is 1. The molecule has 92 valence electrons. The zero-order valence-corrected chi connectivity index (χ0v) is 10.4. The second-order valence-electron chi connectivity index (χ2n) is 4.38. The molecule has 1 unspecified atom stereocenters. The van der Waals surface area contributed by atoms with Gasteiger partial charge < -0.3 is 9.47 Å². The van der Waals surface area contributed by atoms with E-state index < -0.39 is 0 Å². The third-order valence-corrected chi connectivity index (χ3v) is 3.00. The van der Waals surface area contributed by atoms with Crippen molar-refractivity contribution in [1.29, 1.82) is 0 Å². The lowest BCUT2D eigenvalue weighted by Crippen LogP contribution is -2.19. The molecule has 0 saturated heterocycles. The van der Waals surface area contributed by atoms with E-state index >= 15 is 0 Å². The average Bonchev–Trinajstić information content (AvgIpc) is 2.37. The fourth-order valence-electron chi connectivity index (χ4n) is 2.10. The fraction of sp³-hybridized carbons (Fsp3) is 0.500. The first-order valence-corrected chi connectivity index (χ1v) is 6.17. The predicted molar refractivity (Wildman–Crippen MR) is 65.8 cm³/mol. The Balaban J connectivity index is 2.29. The van der Waals surface area contributed by atoms with Crippen molar-refractivity contribution in [2.24, 2.45) is 5.92 Å². The molecule has 1 heterocycles. The molecular weight excluding hydrogens is 216 g/mol. The Bertz CT molecular complexity index is 412. The number of carbonyl (C=O) groups excluding carboxylic acids is 1. The van der Waals surface area contributed by atoms with Crippen LogP contribution in [0.15, 0.2) is 18.2 Å². The van der Waals surface area contributed by atoms with Crippen molar-refractivity contribution >= 4 is 5.78 Å². The molecule has 1 aliphatic heterocycles. The molecule has 0 radical (unpaired) electrons. The van der Waals surface area contributed by atoms with Crippen molar-refractivity contribution in [2.45, 2.75) is 26.7 Å². The standard InChI is InChI=1S/C14H18O3/c1-3-5-10(2)13(15)11-6-4-7-12-14(11)17-9-8-16-12/h4,6-7,10H,3,5,8-9H2,1-2H3. The van der Waals surface area contributed by atoms with E-state index in [0.717, 1.165) is 12.8 Å². The summed E-state index contributed by atoms with van der Waals surface area (Å²) in [6, 6.07) is 5.51. The number of hydrogen-bond acceptors (Lipinski definition) is 3. The Morgan fingerprint density at radius 2 is 2.12 bits per heavy atom. The van der Waals surface area contributed by atoms with Crippen LogP contribution < -0.4 is 9.47 Å². The Kier molecular flexibility index (Phi) is 3.67. The lowest BCUT2D eigenvalue weighted by molar-refractivity contribution is 0.0912. The highest BCUT2D eigenvalue weighted by molar-refractivity contribution is 6.00. The third kappa shape index (κ3) is 2.43. The molecule has 2 rings (SSSR count). The van der Waals surface area contributed by atoms with Crippen LogP contribution in [0.4, 0.5) is 0 Å². The van der Waals surface area contributed by atoms with Crippen LogP contribution in [0.5, 0.6) is 11.5 Å². The summed E-state index contributed by atoms with van der Waals surface area (Å²) in [6.07, 6.45) is 1.92. The lowest BCUT2D eigenvalue weighted by Gasteiger charge is -2.21. The summed E-state index contributed by atoms with van der Waals surface area (Å²) in [4.78, 5) is 12.3. The molecule has 0 bridgehead atoms. The van der Waals surface area contributed by atoms with Crippen molar-refractivity contribution in [1.82, 2.24) is 0 Å². The summed E-state index contributed by atoms with van der Waals surface area (Å²) >= 11 is 0. The first-order chi connectivity index (χ1) is 8.24. The Hall–Kier alpha value is -1.51. The largest absolute Gasteiger partial charge is 0.486 e. The molecule has 0 spiro atoms. The monoisotopic (exact) mass is 234 g/mol. The number of fused-ring (bicyclic) bond motifs is 1. The van der Waals surface area contributed by atoms with Gasteiger partial charge in [0.25, 0.3) is 0 Å². The van der Waals surface area contributed by atoms with Crippen LogP contribution >= 0.6 is 0 Å². The van der Waals surface area contributed by atoms with Crippen LogP contribution in [0.3, 0.4) is 0 Å². The number of hydrogen-bond donors (Lipinski definition) is 0. The quantitative estimate of drug-likeness (QED) is 0.751. The molecule has 0 saturated carbocycles. The number of ketones is 1. The summed E-state index contributed by atoms with van der Waals surface area (Å²) in [6.45, 7) is 5.12. The highest BCUT2D eigenvalue weighted by Gasteiger charge is 2.23. The zero-order chi connectivity index (χ0) is 12.3. The molecule has 3 heteroatoms. The number of para-hydroxylation sites is 1. The van der Waals surface area contributed by atoms with E-state index in [0.29, 0.717) is 30.3 Å². The molecule has 0 aromatic heterocycles. The second-order valence-corrected chi connectivity index (χ2v) is 4.38. The van der Waals surface area contributed by atoms with E-state index in [9.17, 15) is 4.79 Å². The van der Waals surface area contributed by atoms with Crippen molar-refractivity contribution < 1.29 is 14.3 Å². The number of rotatable bonds is 4. The average molecular weight is 234 g/mol. The van der Waals surface area contributed by atoms with E-state index in [2.05, 4.69) is 6.92 Å². The maximum absolute atomic E-state index is 12.3. The van der Waals surface area contributed by atoms with Crippen LogP contribution in [0.2, 0.25) is 0 Å². The van der Waals surface area contributed by atoms with Gasteiger partial charge >= 0.3 is 0 Å². The summed E-state index contributed by atoms with van der Waals surface area (Å²) in [7, 11) is 0. The predicted octanol–water partition coefficient (Wildman–Crippen LogP) is 3.08. The van der Waals surface area contributed by atoms with Gasteiger partial charge in [0.2, 0.25) is 0 Å². The molecule has 0 amide bonds. The minimum absolute atomic E-state index is 0.0389. The molecule has 1 aromatic carbocycles. The van der Waals surface area contributed by atoms with E-state index in [1.165, 1.54) is 0 Å². The van der Waals surface area contributed by atoms with Gasteiger partial charge in [0.1, 0.15) is 13.2 Å². The first kappa shape index (κ1) is 12.0. The van der Waals surface area contributed by atoms with E-state index in [1.54, 1.807) is 0 Å². The fourth-order valence-corrected chi connectivity index (χ4v) is 2.10. The summed E-state index contributed by atoms with van der Waals surface area (Å²) in [5.41, 5.74) is 0.656. The van der Waals surface area contributed by atoms with Gasteiger partial charge in [-0.25, -0.2) is 0 Å². The molecule has 1 aliphatic rings. The molecule has 17 heavy (non-hydrogen) atoms. The van der Waals surface area contributed by atoms with Crippen LogP contribution in [0.25, 0.3) is 0 Å². The smallest absolute Gasteiger partial charge is 0.172 e. The minimum Gasteiger partial charge on any atom is -0.486 e. The molecule has 1 aromatic rings. The normalized spacial score (nSPS) is 15.4. The molecule has 3 nitrogen and oxygen atoms in total. The van der Waals surface area contributed by atoms with E-state index in [1.807, 2.05) is 25.1 Å². The van der Waals surface area contributed by atoms with Gasteiger partial charge in [-0.1, -0.05) is 26.3 Å². The van der Waals surface area contributed by atoms with Crippen LogP contribution in [0, 0.1) is 5.92 Å². The topological polar surface area (TPSA) is 35.5 Å². The zero-order valence-electron chi connectivity index (χ0n) is 10.4. The van der Waals surface area contributed by atoms with Gasteiger partial charge in [-0.15, -0.1) is 0 Å². The molecule has 0 fully saturated rings. The van der Waals surface area contributed by atoms with Crippen molar-refractivity contribution in [3.8, 4) is 11.5 Å². The summed E-state index contributed by atoms with van der Waals surface area (Å²) < 4.78 is 11.0. The highest BCUT2D eigenvalue weighted by Crippen LogP contribution is 2.35. The SMILES string of the molecule is CCCC(C)C(=O)c1cccc2c1OCCO2. The Morgan fingerprint density at radius 3 is 2.88 bits per heavy atom. The summed E-state index contributed by atoms with van der Waals surface area (Å²) in [5, 5.41) is 0. The molecular formula is C14H18O3. The van der Waals surface area contributed by atoms with E-state index in [4.69, 9.17) is 9.47 Å². The van der Waals surface area contributed by atoms with Gasteiger partial charge in [-0.2, -0.15) is 0 Å². The first-order valence-electron chi connectivity index (χ1n) is 6.17. The van der Waals surface area contributed by atoms with Gasteiger partial charge in [0, 0.05) is 5.92 Å². The molecule has 1 atom stereocenters. The lowest BCUT2D eigenvalue weighted by atomic mass is 9.94. The van der Waals surface area contributed by atoms with Crippen LogP contribution in [0.1, 0.15) is 37.0 Å². The Labute approximate surface area is 102 Å². The van der Waals surface area contributed by atoms with Crippen LogP contribution in [-0.2, 0) is 0 Å². The maximum atomic E-state index is 12.3. The summed E-state index contributed by atoms with van der Waals surface area (Å²) in [5.74, 6) is 1.49. The molecule has 0 aliphatic carbocycles. The number of benzene rings is 1. The second kappa shape index (κ2) is 5.21. The van der Waals surface area contributed by atoms with Crippen molar-refractivity contribution in [3.63, 3.8) is 0 Å². The van der Waals surface area contributed by atoms with Crippen LogP contribution in [-0.4, -0.2) is 19.0 Å². The molecule has 0 N–H and O–H groups in total. The third-order valence-electron chi connectivity index (χ3n) is 3.00. The maximum Gasteiger partial charge on any atom is 0.172 e. The van der Waals surface area contributed by atoms with Crippen molar-refractivity contribution in [2.75, 3.05) is 13.2 Å². The number of Topliss-reactive ketones (excluding diaryl/α,β-unsaturated/α-hetero) is 1. The van der Waals surface area contributed by atoms with Gasteiger partial charge in [-0.3, -0.25) is 4.79 Å². The van der Waals surface area contributed by atoms with Gasteiger partial charge in [-0.05, 0) is 18.6 Å².